The van der Waals surface area contributed by atoms with Crippen molar-refractivity contribution in [3.05, 3.63) is 65.7 Å². The van der Waals surface area contributed by atoms with E-state index in [1.54, 1.807) is 12.1 Å². The van der Waals surface area contributed by atoms with E-state index in [0.29, 0.717) is 5.75 Å². The van der Waals surface area contributed by atoms with Crippen LogP contribution in [0, 0.1) is 0 Å². The molecule has 0 aliphatic carbocycles. The molecule has 0 saturated carbocycles. The second-order valence-corrected chi connectivity index (χ2v) is 3.76. The van der Waals surface area contributed by atoms with Crippen molar-refractivity contribution in [3.8, 4) is 5.75 Å². The highest BCUT2D eigenvalue weighted by Gasteiger charge is 2.10. The molecule has 2 aromatic carbocycles. The van der Waals surface area contributed by atoms with Crippen molar-refractivity contribution in [2.24, 2.45) is 0 Å². The predicted octanol–water partition coefficient (Wildman–Crippen LogP) is 2.21. The van der Waals surface area contributed by atoms with Crippen molar-refractivity contribution in [3.63, 3.8) is 0 Å². The Morgan fingerprint density at radius 1 is 0.778 bits per heavy atom. The molecule has 0 amide bonds. The molecular formula is C14H13BO3. The molecule has 3 nitrogen and oxygen atoms in total. The smallest absolute Gasteiger partial charge is 0.512 e. The van der Waals surface area contributed by atoms with Gasteiger partial charge in [0.1, 0.15) is 5.75 Å². The van der Waals surface area contributed by atoms with E-state index in [1.807, 2.05) is 54.6 Å². The number of rotatable bonds is 4. The van der Waals surface area contributed by atoms with Crippen LogP contribution in [-0.2, 0) is 0 Å². The van der Waals surface area contributed by atoms with Crippen LogP contribution in [0.5, 0.6) is 5.75 Å². The van der Waals surface area contributed by atoms with Crippen LogP contribution in [0.25, 0.3) is 12.2 Å². The van der Waals surface area contributed by atoms with Gasteiger partial charge in [0.2, 0.25) is 0 Å². The van der Waals surface area contributed by atoms with E-state index in [-0.39, 0.29) is 0 Å². The molecule has 0 heterocycles. The van der Waals surface area contributed by atoms with Crippen LogP contribution in [0.2, 0.25) is 0 Å². The Hall–Kier alpha value is -2.04. The normalized spacial score (nSPS) is 10.6. The zero-order valence-corrected chi connectivity index (χ0v) is 9.73. The van der Waals surface area contributed by atoms with Gasteiger partial charge in [0.15, 0.2) is 0 Å². The number of benzene rings is 2. The van der Waals surface area contributed by atoms with Crippen LogP contribution < -0.4 is 4.65 Å². The number of hydrogen-bond acceptors (Lipinski definition) is 3. The lowest BCUT2D eigenvalue weighted by Gasteiger charge is -2.04. The molecule has 18 heavy (non-hydrogen) atoms. The highest BCUT2D eigenvalue weighted by atomic mass is 16.6. The monoisotopic (exact) mass is 240 g/mol. The molecule has 2 aromatic rings. The van der Waals surface area contributed by atoms with Crippen molar-refractivity contribution in [2.45, 2.75) is 0 Å². The van der Waals surface area contributed by atoms with Gasteiger partial charge in [-0.05, 0) is 23.3 Å². The summed E-state index contributed by atoms with van der Waals surface area (Å²) < 4.78 is 4.72. The van der Waals surface area contributed by atoms with Crippen molar-refractivity contribution >= 4 is 19.5 Å². The fourth-order valence-corrected chi connectivity index (χ4v) is 1.54. The van der Waals surface area contributed by atoms with Gasteiger partial charge in [0, 0.05) is 0 Å². The Morgan fingerprint density at radius 2 is 1.33 bits per heavy atom. The van der Waals surface area contributed by atoms with Gasteiger partial charge in [0.25, 0.3) is 0 Å². The maximum Gasteiger partial charge on any atom is 0.707 e. The molecule has 0 aliphatic rings. The molecule has 4 heteroatoms. The third-order valence-corrected chi connectivity index (χ3v) is 2.39. The molecule has 0 aromatic heterocycles. The summed E-state index contributed by atoms with van der Waals surface area (Å²) in [5.74, 6) is 0.418. The molecule has 0 fully saturated rings. The van der Waals surface area contributed by atoms with Gasteiger partial charge in [-0.15, -0.1) is 0 Å². The Labute approximate surface area is 106 Å². The van der Waals surface area contributed by atoms with Crippen molar-refractivity contribution < 1.29 is 14.7 Å². The van der Waals surface area contributed by atoms with Crippen LogP contribution in [0.3, 0.4) is 0 Å². The molecule has 90 valence electrons. The van der Waals surface area contributed by atoms with Gasteiger partial charge < -0.3 is 14.7 Å². The molecule has 0 atom stereocenters. The molecule has 2 N–H and O–H groups in total. The van der Waals surface area contributed by atoms with Crippen molar-refractivity contribution in [1.82, 2.24) is 0 Å². The van der Waals surface area contributed by atoms with E-state index < -0.39 is 7.32 Å². The average molecular weight is 240 g/mol. The van der Waals surface area contributed by atoms with E-state index in [0.717, 1.165) is 11.1 Å². The first-order chi connectivity index (χ1) is 8.74. The lowest BCUT2D eigenvalue weighted by atomic mass is 10.1. The lowest BCUT2D eigenvalue weighted by Crippen LogP contribution is -2.20. The first-order valence-corrected chi connectivity index (χ1v) is 5.60. The Kier molecular flexibility index (Phi) is 4.17. The highest BCUT2D eigenvalue weighted by Crippen LogP contribution is 2.14. The summed E-state index contributed by atoms with van der Waals surface area (Å²) >= 11 is 0. The quantitative estimate of drug-likeness (QED) is 0.636. The Morgan fingerprint density at radius 3 is 1.89 bits per heavy atom. The lowest BCUT2D eigenvalue weighted by molar-refractivity contribution is 0.288. The minimum atomic E-state index is -1.78. The van der Waals surface area contributed by atoms with E-state index in [9.17, 15) is 0 Å². The third-order valence-electron chi connectivity index (χ3n) is 2.39. The molecular weight excluding hydrogens is 227 g/mol. The molecule has 0 aliphatic heterocycles. The maximum absolute atomic E-state index is 8.65. The standard InChI is InChI=1S/C14H13BO3/c16-15(17)18-14-10-8-13(9-11-14)7-6-12-4-2-1-3-5-12/h1-11,16-17H/b7-6+. The fourth-order valence-electron chi connectivity index (χ4n) is 1.54. The maximum atomic E-state index is 8.65. The summed E-state index contributed by atoms with van der Waals surface area (Å²) in [6, 6.07) is 17.1. The topological polar surface area (TPSA) is 49.7 Å². The van der Waals surface area contributed by atoms with Gasteiger partial charge in [-0.3, -0.25) is 0 Å². The zero-order chi connectivity index (χ0) is 12.8. The Balaban J connectivity index is 2.04. The third kappa shape index (κ3) is 3.77. The molecule has 0 radical (unpaired) electrons. The molecule has 0 bridgehead atoms. The van der Waals surface area contributed by atoms with Crippen molar-refractivity contribution in [1.29, 1.82) is 0 Å². The highest BCUT2D eigenvalue weighted by molar-refractivity contribution is 6.33. The van der Waals surface area contributed by atoms with Gasteiger partial charge >= 0.3 is 7.32 Å². The van der Waals surface area contributed by atoms with Gasteiger partial charge in [-0.25, -0.2) is 0 Å². The average Bonchev–Trinajstić information content (AvgIpc) is 2.38. The van der Waals surface area contributed by atoms with Crippen LogP contribution in [0.4, 0.5) is 0 Å². The molecule has 0 saturated heterocycles. The number of hydrogen-bond donors (Lipinski definition) is 2. The van der Waals surface area contributed by atoms with Crippen LogP contribution in [0.15, 0.2) is 54.6 Å². The minimum Gasteiger partial charge on any atom is -0.512 e. The predicted molar refractivity (Wildman–Crippen MR) is 72.6 cm³/mol. The SMILES string of the molecule is OB(O)Oc1ccc(/C=C/c2ccccc2)cc1. The molecule has 0 spiro atoms. The summed E-state index contributed by atoms with van der Waals surface area (Å²) in [5.41, 5.74) is 2.14. The van der Waals surface area contributed by atoms with Gasteiger partial charge in [-0.2, -0.15) is 0 Å². The first-order valence-electron chi connectivity index (χ1n) is 5.60. The second-order valence-electron chi connectivity index (χ2n) is 3.76. The van der Waals surface area contributed by atoms with E-state index in [2.05, 4.69) is 0 Å². The van der Waals surface area contributed by atoms with Crippen LogP contribution in [-0.4, -0.2) is 17.4 Å². The van der Waals surface area contributed by atoms with E-state index in [1.165, 1.54) is 0 Å². The van der Waals surface area contributed by atoms with Crippen LogP contribution >= 0.6 is 0 Å². The van der Waals surface area contributed by atoms with Crippen LogP contribution in [0.1, 0.15) is 11.1 Å². The molecule has 0 unspecified atom stereocenters. The summed E-state index contributed by atoms with van der Waals surface area (Å²) in [4.78, 5) is 0. The first kappa shape index (κ1) is 12.4. The fraction of sp³-hybridized carbons (Fsp3) is 0. The summed E-state index contributed by atoms with van der Waals surface area (Å²) in [6.07, 6.45) is 3.99. The van der Waals surface area contributed by atoms with Gasteiger partial charge in [-0.1, -0.05) is 54.6 Å². The van der Waals surface area contributed by atoms with E-state index >= 15 is 0 Å². The zero-order valence-electron chi connectivity index (χ0n) is 9.73. The summed E-state index contributed by atoms with van der Waals surface area (Å²) in [6.45, 7) is 0. The minimum absolute atomic E-state index is 0.418. The molecule has 2 rings (SSSR count). The second kappa shape index (κ2) is 6.05. The van der Waals surface area contributed by atoms with E-state index in [4.69, 9.17) is 14.7 Å². The Bertz CT molecular complexity index is 506. The largest absolute Gasteiger partial charge is 0.707 e. The van der Waals surface area contributed by atoms with Crippen molar-refractivity contribution in [2.75, 3.05) is 0 Å². The van der Waals surface area contributed by atoms with Gasteiger partial charge in [0.05, 0.1) is 0 Å². The summed E-state index contributed by atoms with van der Waals surface area (Å²) in [7, 11) is -1.78. The summed E-state index contributed by atoms with van der Waals surface area (Å²) in [5, 5.41) is 17.3.